The van der Waals surface area contributed by atoms with Gasteiger partial charge < -0.3 is 5.11 Å². The van der Waals surface area contributed by atoms with Gasteiger partial charge >= 0.3 is 17.8 Å². The number of thioether (sulfide) groups is 1. The molecule has 0 unspecified atom stereocenters. The number of alkyl halides is 3. The molecule has 2 rings (SSSR count). The average Bonchev–Trinajstić information content (AvgIpc) is 2.83. The molecule has 0 amide bonds. The predicted octanol–water partition coefficient (Wildman–Crippen LogP) is 3.42. The van der Waals surface area contributed by atoms with Crippen molar-refractivity contribution < 1.29 is 27.5 Å². The molecule has 0 aliphatic heterocycles. The van der Waals surface area contributed by atoms with Crippen LogP contribution in [0.3, 0.4) is 0 Å². The van der Waals surface area contributed by atoms with Crippen LogP contribution in [0.1, 0.15) is 36.1 Å². The fourth-order valence-corrected chi connectivity index (χ4v) is 3.07. The number of carboxylic acid groups (broad SMARTS) is 1. The van der Waals surface area contributed by atoms with E-state index in [0.717, 1.165) is 16.7 Å². The zero-order valence-electron chi connectivity index (χ0n) is 14.0. The lowest BCUT2D eigenvalue weighted by atomic mass is 10.2. The van der Waals surface area contributed by atoms with E-state index in [1.165, 1.54) is 6.92 Å². The standard InChI is InChI=1S/C15H15F4N3O3S/c1-7(2)21-12(13(23)24)20-22(14(21)25)10-5-11(8(3)4-9(10)16)26-6-15(17,18)19/h4-5,7H,6H2,1-3H3,(H,23,24). The van der Waals surface area contributed by atoms with Gasteiger partial charge in [0.15, 0.2) is 0 Å². The lowest BCUT2D eigenvalue weighted by Crippen LogP contribution is -2.27. The molecule has 1 heterocycles. The summed E-state index contributed by atoms with van der Waals surface area (Å²) in [5.74, 6) is -4.15. The summed E-state index contributed by atoms with van der Waals surface area (Å²) in [7, 11) is 0. The fraction of sp³-hybridized carbons (Fsp3) is 0.400. The molecule has 1 aromatic heterocycles. The van der Waals surface area contributed by atoms with Crippen molar-refractivity contribution in [2.75, 3.05) is 5.75 Å². The molecule has 0 radical (unpaired) electrons. The number of hydrogen-bond donors (Lipinski definition) is 1. The molecule has 6 nitrogen and oxygen atoms in total. The maximum atomic E-state index is 14.3. The van der Waals surface area contributed by atoms with Gasteiger partial charge in [0, 0.05) is 10.9 Å². The van der Waals surface area contributed by atoms with E-state index in [9.17, 15) is 32.3 Å². The molecular weight excluding hydrogens is 378 g/mol. The van der Waals surface area contributed by atoms with Crippen LogP contribution >= 0.6 is 11.8 Å². The van der Waals surface area contributed by atoms with E-state index in [1.807, 2.05) is 0 Å². The Bertz CT molecular complexity index is 903. The number of benzene rings is 1. The Balaban J connectivity index is 2.60. The number of rotatable bonds is 5. The zero-order valence-corrected chi connectivity index (χ0v) is 14.8. The van der Waals surface area contributed by atoms with Crippen LogP contribution in [0.15, 0.2) is 21.8 Å². The number of aromatic carboxylic acids is 1. The summed E-state index contributed by atoms with van der Waals surface area (Å²) >= 11 is 0.443. The molecule has 0 saturated heterocycles. The first-order chi connectivity index (χ1) is 11.9. The summed E-state index contributed by atoms with van der Waals surface area (Å²) in [6, 6.07) is 1.48. The van der Waals surface area contributed by atoms with Crippen molar-refractivity contribution in [3.05, 3.63) is 39.8 Å². The highest BCUT2D eigenvalue weighted by Crippen LogP contribution is 2.31. The molecule has 1 aromatic carbocycles. The molecule has 142 valence electrons. The van der Waals surface area contributed by atoms with Gasteiger partial charge in [0.05, 0.1) is 5.75 Å². The van der Waals surface area contributed by atoms with Crippen molar-refractivity contribution in [1.82, 2.24) is 14.3 Å². The molecule has 11 heteroatoms. The smallest absolute Gasteiger partial charge is 0.398 e. The Kier molecular flexibility index (Phi) is 5.49. The van der Waals surface area contributed by atoms with Crippen LogP contribution in [0.2, 0.25) is 0 Å². The van der Waals surface area contributed by atoms with E-state index in [2.05, 4.69) is 5.10 Å². The first-order valence-electron chi connectivity index (χ1n) is 7.37. The van der Waals surface area contributed by atoms with Crippen molar-refractivity contribution in [1.29, 1.82) is 0 Å². The number of carbonyl (C=O) groups is 1. The Labute approximate surface area is 149 Å². The van der Waals surface area contributed by atoms with E-state index in [0.29, 0.717) is 16.4 Å². The van der Waals surface area contributed by atoms with Crippen molar-refractivity contribution in [2.24, 2.45) is 0 Å². The highest BCUT2D eigenvalue weighted by molar-refractivity contribution is 7.99. The van der Waals surface area contributed by atoms with Gasteiger partial charge in [0.1, 0.15) is 11.5 Å². The molecule has 2 aromatic rings. The molecule has 0 saturated carbocycles. The Morgan fingerprint density at radius 1 is 1.35 bits per heavy atom. The predicted molar refractivity (Wildman–Crippen MR) is 86.6 cm³/mol. The summed E-state index contributed by atoms with van der Waals surface area (Å²) in [6.07, 6.45) is -4.42. The fourth-order valence-electron chi connectivity index (χ4n) is 2.27. The summed E-state index contributed by atoms with van der Waals surface area (Å²) in [4.78, 5) is 23.8. The van der Waals surface area contributed by atoms with Crippen molar-refractivity contribution >= 4 is 17.7 Å². The SMILES string of the molecule is Cc1cc(F)c(-n2nc(C(=O)O)n(C(C)C)c2=O)cc1SCC(F)(F)F. The van der Waals surface area contributed by atoms with Gasteiger partial charge in [-0.1, -0.05) is 0 Å². The van der Waals surface area contributed by atoms with Crippen LogP contribution in [0.4, 0.5) is 17.6 Å². The molecule has 0 fully saturated rings. The van der Waals surface area contributed by atoms with Gasteiger partial charge in [-0.05, 0) is 38.5 Å². The minimum Gasteiger partial charge on any atom is -0.475 e. The third-order valence-corrected chi connectivity index (χ3v) is 4.60. The second-order valence-corrected chi connectivity index (χ2v) is 6.78. The third-order valence-electron chi connectivity index (χ3n) is 3.38. The first kappa shape index (κ1) is 20.0. The molecule has 0 aliphatic carbocycles. The lowest BCUT2D eigenvalue weighted by Gasteiger charge is -2.11. The number of nitrogens with zero attached hydrogens (tertiary/aromatic N) is 3. The molecule has 0 bridgehead atoms. The van der Waals surface area contributed by atoms with Crippen LogP contribution in [0, 0.1) is 12.7 Å². The maximum absolute atomic E-state index is 14.3. The number of halogens is 4. The zero-order chi connectivity index (χ0) is 19.8. The quantitative estimate of drug-likeness (QED) is 0.622. The Morgan fingerprint density at radius 3 is 2.42 bits per heavy atom. The van der Waals surface area contributed by atoms with Gasteiger partial charge in [0.2, 0.25) is 5.82 Å². The maximum Gasteiger partial charge on any atom is 0.398 e. The van der Waals surface area contributed by atoms with Crippen LogP contribution < -0.4 is 5.69 Å². The van der Waals surface area contributed by atoms with Crippen LogP contribution in [-0.2, 0) is 0 Å². The van der Waals surface area contributed by atoms with Gasteiger partial charge in [-0.3, -0.25) is 4.57 Å². The minimum absolute atomic E-state index is 0.113. The summed E-state index contributed by atoms with van der Waals surface area (Å²) in [6.45, 7) is 4.54. The van der Waals surface area contributed by atoms with E-state index in [1.54, 1.807) is 13.8 Å². The Morgan fingerprint density at radius 2 is 1.96 bits per heavy atom. The first-order valence-corrected chi connectivity index (χ1v) is 8.36. The average molecular weight is 393 g/mol. The number of aromatic nitrogens is 3. The van der Waals surface area contributed by atoms with E-state index < -0.39 is 47.0 Å². The molecule has 0 atom stereocenters. The lowest BCUT2D eigenvalue weighted by molar-refractivity contribution is -0.105. The van der Waals surface area contributed by atoms with E-state index in [-0.39, 0.29) is 10.5 Å². The Hall–Kier alpha value is -2.30. The summed E-state index contributed by atoms with van der Waals surface area (Å²) in [5.41, 5.74) is -1.05. The second-order valence-electron chi connectivity index (χ2n) is 5.76. The van der Waals surface area contributed by atoms with Crippen molar-refractivity contribution in [3.63, 3.8) is 0 Å². The molecular formula is C15H15F4N3O3S. The van der Waals surface area contributed by atoms with Crippen LogP contribution in [0.25, 0.3) is 5.69 Å². The molecule has 1 N–H and O–H groups in total. The monoisotopic (exact) mass is 393 g/mol. The van der Waals surface area contributed by atoms with Crippen LogP contribution in [-0.4, -0.2) is 37.4 Å². The van der Waals surface area contributed by atoms with Gasteiger partial charge in [-0.25, -0.2) is 14.0 Å². The summed E-state index contributed by atoms with van der Waals surface area (Å²) in [5, 5.41) is 12.8. The van der Waals surface area contributed by atoms with Crippen molar-refractivity contribution in [2.45, 2.75) is 37.9 Å². The number of carboxylic acids is 1. The third kappa shape index (κ3) is 4.09. The summed E-state index contributed by atoms with van der Waals surface area (Å²) < 4.78 is 53.1. The highest BCUT2D eigenvalue weighted by atomic mass is 32.2. The molecule has 0 aliphatic rings. The van der Waals surface area contributed by atoms with E-state index in [4.69, 9.17) is 0 Å². The van der Waals surface area contributed by atoms with Gasteiger partial charge in [-0.15, -0.1) is 16.9 Å². The van der Waals surface area contributed by atoms with Gasteiger partial charge in [-0.2, -0.15) is 17.9 Å². The second kappa shape index (κ2) is 7.14. The topological polar surface area (TPSA) is 77.1 Å². The number of aryl methyl sites for hydroxylation is 1. The molecule has 0 spiro atoms. The van der Waals surface area contributed by atoms with E-state index >= 15 is 0 Å². The van der Waals surface area contributed by atoms with Gasteiger partial charge in [0.25, 0.3) is 0 Å². The highest BCUT2D eigenvalue weighted by Gasteiger charge is 2.28. The van der Waals surface area contributed by atoms with Crippen LogP contribution in [0.5, 0.6) is 0 Å². The molecule has 26 heavy (non-hydrogen) atoms. The minimum atomic E-state index is -4.42. The number of hydrogen-bond acceptors (Lipinski definition) is 4. The normalized spacial score (nSPS) is 12.0. The van der Waals surface area contributed by atoms with Crippen molar-refractivity contribution in [3.8, 4) is 5.69 Å². The largest absolute Gasteiger partial charge is 0.475 e.